The van der Waals surface area contributed by atoms with E-state index in [1.165, 1.54) is 23.3 Å². The van der Waals surface area contributed by atoms with Gasteiger partial charge in [-0.25, -0.2) is 9.78 Å². The monoisotopic (exact) mass is 454 g/mol. The van der Waals surface area contributed by atoms with Crippen molar-refractivity contribution in [3.05, 3.63) is 24.0 Å². The molecule has 2 aliphatic rings. The Labute approximate surface area is 188 Å². The number of likely N-dealkylation sites (tertiary alicyclic amines) is 1. The van der Waals surface area contributed by atoms with E-state index in [1.807, 2.05) is 23.4 Å². The fraction of sp³-hybridized carbons (Fsp3) is 0.450. The van der Waals surface area contributed by atoms with Gasteiger partial charge < -0.3 is 14.8 Å². The molecule has 0 bridgehead atoms. The molecule has 0 radical (unpaired) electrons. The molecule has 3 aromatic heterocycles. The number of nitrogens with zero attached hydrogens (tertiary/aromatic N) is 6. The Morgan fingerprint density at radius 2 is 2.19 bits per heavy atom. The minimum Gasteiger partial charge on any atom is -0.370 e. The molecule has 1 saturated carbocycles. The van der Waals surface area contributed by atoms with Gasteiger partial charge in [0.15, 0.2) is 0 Å². The van der Waals surface area contributed by atoms with E-state index in [2.05, 4.69) is 42.7 Å². The van der Waals surface area contributed by atoms with Crippen molar-refractivity contribution in [2.45, 2.75) is 24.0 Å². The number of rotatable bonds is 4. The molecule has 0 unspecified atom stereocenters. The quantitative estimate of drug-likeness (QED) is 0.581. The molecule has 11 heteroatoms. The summed E-state index contributed by atoms with van der Waals surface area (Å²) in [7, 11) is 2.07. The van der Waals surface area contributed by atoms with Crippen LogP contribution in [0.1, 0.15) is 18.4 Å². The highest BCUT2D eigenvalue weighted by atomic mass is 32.2. The Morgan fingerprint density at radius 1 is 1.42 bits per heavy atom. The first-order valence-electron chi connectivity index (χ1n) is 10.1. The predicted molar refractivity (Wildman–Crippen MR) is 121 cm³/mol. The van der Waals surface area contributed by atoms with E-state index in [1.54, 1.807) is 6.20 Å². The molecule has 2 N–H and O–H groups in total. The molecule has 1 saturated heterocycles. The third-order valence-electron chi connectivity index (χ3n) is 6.40. The molecular formula is C20H22N8OS2. The highest BCUT2D eigenvalue weighted by molar-refractivity contribution is 7.98. The summed E-state index contributed by atoms with van der Waals surface area (Å²) in [5.74, 6) is 0.923. The number of hydrogen-bond donors (Lipinski definition) is 2. The van der Waals surface area contributed by atoms with Gasteiger partial charge >= 0.3 is 6.03 Å². The lowest BCUT2D eigenvalue weighted by molar-refractivity contribution is 0.218. The second-order valence-corrected chi connectivity index (χ2v) is 9.58. The van der Waals surface area contributed by atoms with Crippen molar-refractivity contribution in [3.63, 3.8) is 0 Å². The molecule has 2 fully saturated rings. The smallest absolute Gasteiger partial charge is 0.323 e. The molecule has 3 atom stereocenters. The number of thioether (sulfide) groups is 1. The molecule has 2 amide bonds. The summed E-state index contributed by atoms with van der Waals surface area (Å²) >= 11 is 2.67. The molecule has 1 aliphatic heterocycles. The number of urea groups is 1. The maximum Gasteiger partial charge on any atom is 0.323 e. The number of hydrogen-bond acceptors (Lipinski definition) is 8. The normalized spacial score (nSPS) is 22.5. The van der Waals surface area contributed by atoms with Gasteiger partial charge in [0.1, 0.15) is 11.7 Å². The van der Waals surface area contributed by atoms with Crippen LogP contribution in [0.4, 0.5) is 15.6 Å². The second kappa shape index (κ2) is 8.01. The fourth-order valence-electron chi connectivity index (χ4n) is 4.90. The highest BCUT2D eigenvalue weighted by Gasteiger charge is 2.44. The van der Waals surface area contributed by atoms with Crippen molar-refractivity contribution >= 4 is 51.2 Å². The molecule has 5 rings (SSSR count). The standard InChI is InChI=1S/C20H22N8OS2/c1-27(16-13(7-21)8-23-17-15(16)3-4-22-17)14-5-11-9-28(10-12(11)6-14)20(29)25-18-24-19(30-2)26-31-18/h3-4,8,11-12,14H,5-6,9-10H2,1-2H3,(H,22,23)(H,24,25,26,29)/t11-,12+,14+. The Bertz CT molecular complexity index is 1150. The van der Waals surface area contributed by atoms with Crippen molar-refractivity contribution in [3.8, 4) is 6.07 Å². The van der Waals surface area contributed by atoms with Crippen molar-refractivity contribution < 1.29 is 4.79 Å². The first-order chi connectivity index (χ1) is 15.1. The number of pyridine rings is 1. The second-order valence-electron chi connectivity index (χ2n) is 8.05. The highest BCUT2D eigenvalue weighted by Crippen LogP contribution is 2.42. The fourth-order valence-corrected chi connectivity index (χ4v) is 6.02. The van der Waals surface area contributed by atoms with Crippen LogP contribution >= 0.6 is 23.3 Å². The Kier molecular flexibility index (Phi) is 5.19. The van der Waals surface area contributed by atoms with Gasteiger partial charge in [-0.05, 0) is 37.0 Å². The predicted octanol–water partition coefficient (Wildman–Crippen LogP) is 3.39. The van der Waals surface area contributed by atoms with Gasteiger partial charge in [-0.2, -0.15) is 14.6 Å². The van der Waals surface area contributed by atoms with Gasteiger partial charge in [0, 0.05) is 55.5 Å². The number of H-pyrrole nitrogens is 1. The lowest BCUT2D eigenvalue weighted by atomic mass is 10.0. The molecule has 160 valence electrons. The van der Waals surface area contributed by atoms with Gasteiger partial charge in [-0.3, -0.25) is 5.32 Å². The Morgan fingerprint density at radius 3 is 2.87 bits per heavy atom. The van der Waals surface area contributed by atoms with Gasteiger partial charge in [-0.1, -0.05) is 11.8 Å². The number of aromatic amines is 1. The number of carbonyl (C=O) groups excluding carboxylic acids is 1. The number of fused-ring (bicyclic) bond motifs is 2. The zero-order valence-electron chi connectivity index (χ0n) is 17.2. The van der Waals surface area contributed by atoms with Crippen LogP contribution in [0.3, 0.4) is 0 Å². The van der Waals surface area contributed by atoms with Gasteiger partial charge in [0.25, 0.3) is 0 Å². The van der Waals surface area contributed by atoms with Crippen molar-refractivity contribution in [1.82, 2.24) is 24.2 Å². The summed E-state index contributed by atoms with van der Waals surface area (Å²) in [6, 6.07) is 4.51. The third kappa shape index (κ3) is 3.59. The molecule has 1 aliphatic carbocycles. The topological polar surface area (TPSA) is 114 Å². The van der Waals surface area contributed by atoms with Crippen LogP contribution in [0.15, 0.2) is 23.6 Å². The molecule has 0 spiro atoms. The summed E-state index contributed by atoms with van der Waals surface area (Å²) in [6.45, 7) is 1.49. The minimum absolute atomic E-state index is 0.0990. The van der Waals surface area contributed by atoms with Gasteiger partial charge in [0.2, 0.25) is 10.3 Å². The number of aromatic nitrogens is 4. The lowest BCUT2D eigenvalue weighted by Crippen LogP contribution is -2.36. The average Bonchev–Trinajstić information content (AvgIpc) is 3.54. The number of anilines is 2. The van der Waals surface area contributed by atoms with E-state index in [9.17, 15) is 10.1 Å². The molecule has 4 heterocycles. The minimum atomic E-state index is -0.0990. The van der Waals surface area contributed by atoms with E-state index in [-0.39, 0.29) is 6.03 Å². The van der Waals surface area contributed by atoms with Crippen LogP contribution in [-0.4, -0.2) is 62.7 Å². The van der Waals surface area contributed by atoms with E-state index >= 15 is 0 Å². The number of amides is 2. The van der Waals surface area contributed by atoms with Crippen LogP contribution < -0.4 is 10.2 Å². The summed E-state index contributed by atoms with van der Waals surface area (Å²) in [6.07, 6.45) is 7.41. The maximum absolute atomic E-state index is 12.7. The van der Waals surface area contributed by atoms with E-state index in [0.717, 1.165) is 42.7 Å². The molecule has 0 aromatic carbocycles. The average molecular weight is 455 g/mol. The maximum atomic E-state index is 12.7. The van der Waals surface area contributed by atoms with Crippen LogP contribution in [0, 0.1) is 23.2 Å². The summed E-state index contributed by atoms with van der Waals surface area (Å²) in [4.78, 5) is 28.6. The summed E-state index contributed by atoms with van der Waals surface area (Å²) in [5.41, 5.74) is 2.33. The summed E-state index contributed by atoms with van der Waals surface area (Å²) in [5, 5.41) is 14.7. The zero-order valence-corrected chi connectivity index (χ0v) is 18.8. The lowest BCUT2D eigenvalue weighted by Gasteiger charge is -2.29. The molecule has 9 nitrogen and oxygen atoms in total. The van der Waals surface area contributed by atoms with Crippen molar-refractivity contribution in [2.75, 3.05) is 36.6 Å². The number of nitriles is 1. The summed E-state index contributed by atoms with van der Waals surface area (Å²) < 4.78 is 4.19. The Balaban J connectivity index is 1.26. The molecule has 31 heavy (non-hydrogen) atoms. The first-order valence-corrected chi connectivity index (χ1v) is 12.1. The van der Waals surface area contributed by atoms with Gasteiger partial charge in [-0.15, -0.1) is 0 Å². The zero-order chi connectivity index (χ0) is 21.5. The number of nitrogens with one attached hydrogen (secondary N) is 2. The van der Waals surface area contributed by atoms with Crippen LogP contribution in [0.2, 0.25) is 0 Å². The van der Waals surface area contributed by atoms with E-state index in [0.29, 0.717) is 33.7 Å². The van der Waals surface area contributed by atoms with E-state index < -0.39 is 0 Å². The van der Waals surface area contributed by atoms with Crippen LogP contribution in [-0.2, 0) is 0 Å². The van der Waals surface area contributed by atoms with Crippen molar-refractivity contribution in [1.29, 1.82) is 5.26 Å². The first kappa shape index (κ1) is 20.1. The van der Waals surface area contributed by atoms with Crippen LogP contribution in [0.25, 0.3) is 11.0 Å². The SMILES string of the molecule is CSc1nsc(NC(=O)N2C[C@H]3C[C@H](N(C)c4c(C#N)cnc5[nH]ccc45)C[C@H]3C2)n1. The van der Waals surface area contributed by atoms with E-state index in [4.69, 9.17) is 0 Å². The Hall–Kier alpha value is -2.84. The largest absolute Gasteiger partial charge is 0.370 e. The van der Waals surface area contributed by atoms with Crippen LogP contribution in [0.5, 0.6) is 0 Å². The molecular weight excluding hydrogens is 432 g/mol. The third-order valence-corrected chi connectivity index (χ3v) is 7.69. The molecule has 3 aromatic rings. The van der Waals surface area contributed by atoms with Gasteiger partial charge in [0.05, 0.1) is 11.3 Å². The number of carbonyl (C=O) groups is 1. The van der Waals surface area contributed by atoms with Crippen molar-refractivity contribution in [2.24, 2.45) is 11.8 Å².